The SMILES string of the molecule is CC1CCC2=CC2(C(C)C)C2CCC12. The molecule has 3 aliphatic carbocycles. The van der Waals surface area contributed by atoms with Crippen LogP contribution in [-0.2, 0) is 0 Å². The molecule has 14 heavy (non-hydrogen) atoms. The Labute approximate surface area is 87.8 Å². The minimum Gasteiger partial charge on any atom is -0.0736 e. The van der Waals surface area contributed by atoms with E-state index in [0.29, 0.717) is 5.41 Å². The number of rotatable bonds is 1. The van der Waals surface area contributed by atoms with Crippen molar-refractivity contribution < 1.29 is 0 Å². The Bertz CT molecular complexity index is 286. The van der Waals surface area contributed by atoms with Crippen LogP contribution in [-0.4, -0.2) is 0 Å². The van der Waals surface area contributed by atoms with Gasteiger partial charge in [-0.25, -0.2) is 0 Å². The van der Waals surface area contributed by atoms with Gasteiger partial charge in [-0.2, -0.15) is 0 Å². The molecule has 0 aliphatic heterocycles. The molecule has 3 aliphatic rings. The third kappa shape index (κ3) is 0.902. The van der Waals surface area contributed by atoms with Crippen LogP contribution < -0.4 is 0 Å². The number of allylic oxidation sites excluding steroid dienone is 2. The van der Waals surface area contributed by atoms with Crippen LogP contribution in [0.5, 0.6) is 0 Å². The van der Waals surface area contributed by atoms with Gasteiger partial charge < -0.3 is 0 Å². The third-order valence-electron chi connectivity index (χ3n) is 5.38. The Morgan fingerprint density at radius 3 is 2.64 bits per heavy atom. The summed E-state index contributed by atoms with van der Waals surface area (Å²) in [7, 11) is 0. The standard InChI is InChI=1S/C14H22/c1-9(2)14-8-11(14)5-4-10(3)12-6-7-13(12)14/h8-10,12-13H,4-7H2,1-3H3. The van der Waals surface area contributed by atoms with E-state index in [4.69, 9.17) is 0 Å². The molecule has 4 atom stereocenters. The van der Waals surface area contributed by atoms with Gasteiger partial charge in [-0.3, -0.25) is 0 Å². The molecular weight excluding hydrogens is 168 g/mol. The topological polar surface area (TPSA) is 0 Å². The van der Waals surface area contributed by atoms with Crippen LogP contribution >= 0.6 is 0 Å². The van der Waals surface area contributed by atoms with Crippen molar-refractivity contribution in [3.05, 3.63) is 11.6 Å². The molecule has 0 nitrogen and oxygen atoms in total. The fourth-order valence-electron chi connectivity index (χ4n) is 4.25. The lowest BCUT2D eigenvalue weighted by molar-refractivity contribution is 0.0414. The van der Waals surface area contributed by atoms with Crippen molar-refractivity contribution in [3.63, 3.8) is 0 Å². The molecule has 2 saturated carbocycles. The highest BCUT2D eigenvalue weighted by molar-refractivity contribution is 5.43. The molecule has 0 aromatic carbocycles. The highest BCUT2D eigenvalue weighted by Gasteiger charge is 2.59. The molecule has 2 fully saturated rings. The van der Waals surface area contributed by atoms with E-state index < -0.39 is 0 Å². The van der Waals surface area contributed by atoms with Gasteiger partial charge in [0.1, 0.15) is 0 Å². The summed E-state index contributed by atoms with van der Waals surface area (Å²) in [5, 5.41) is 0. The highest BCUT2D eigenvalue weighted by atomic mass is 14.6. The fourth-order valence-corrected chi connectivity index (χ4v) is 4.25. The van der Waals surface area contributed by atoms with Crippen LogP contribution in [0.15, 0.2) is 11.6 Å². The van der Waals surface area contributed by atoms with E-state index in [0.717, 1.165) is 23.7 Å². The Morgan fingerprint density at radius 1 is 1.29 bits per heavy atom. The zero-order valence-electron chi connectivity index (χ0n) is 9.72. The Kier molecular flexibility index (Phi) is 1.70. The minimum atomic E-state index is 0.619. The monoisotopic (exact) mass is 190 g/mol. The molecule has 0 saturated heterocycles. The molecule has 0 bridgehead atoms. The van der Waals surface area contributed by atoms with Gasteiger partial charge in [-0.15, -0.1) is 0 Å². The summed E-state index contributed by atoms with van der Waals surface area (Å²) in [6, 6.07) is 0. The Morgan fingerprint density at radius 2 is 2.07 bits per heavy atom. The van der Waals surface area contributed by atoms with Gasteiger partial charge >= 0.3 is 0 Å². The molecule has 4 unspecified atom stereocenters. The first-order valence-electron chi connectivity index (χ1n) is 6.38. The van der Waals surface area contributed by atoms with E-state index in [-0.39, 0.29) is 0 Å². The predicted octanol–water partition coefficient (Wildman–Crippen LogP) is 4.02. The van der Waals surface area contributed by atoms with Crippen molar-refractivity contribution in [2.24, 2.45) is 29.1 Å². The molecule has 0 spiro atoms. The Balaban J connectivity index is 1.89. The van der Waals surface area contributed by atoms with Gasteiger partial charge in [0.2, 0.25) is 0 Å². The van der Waals surface area contributed by atoms with Crippen LogP contribution in [0, 0.1) is 29.1 Å². The second-order valence-electron chi connectivity index (χ2n) is 6.12. The maximum absolute atomic E-state index is 2.63. The van der Waals surface area contributed by atoms with Crippen molar-refractivity contribution in [2.45, 2.75) is 46.5 Å². The van der Waals surface area contributed by atoms with Gasteiger partial charge in [0.25, 0.3) is 0 Å². The summed E-state index contributed by atoms with van der Waals surface area (Å²) in [6.45, 7) is 7.33. The van der Waals surface area contributed by atoms with Gasteiger partial charge in [-0.05, 0) is 49.4 Å². The molecule has 0 aromatic heterocycles. The predicted molar refractivity (Wildman–Crippen MR) is 60.0 cm³/mol. The van der Waals surface area contributed by atoms with Crippen molar-refractivity contribution in [3.8, 4) is 0 Å². The second-order valence-corrected chi connectivity index (χ2v) is 6.12. The van der Waals surface area contributed by atoms with Crippen LogP contribution in [0.25, 0.3) is 0 Å². The molecule has 0 heteroatoms. The molecular formula is C14H22. The molecule has 78 valence electrons. The molecule has 3 rings (SSSR count). The Hall–Kier alpha value is -0.260. The van der Waals surface area contributed by atoms with E-state index in [2.05, 4.69) is 26.8 Å². The van der Waals surface area contributed by atoms with Crippen molar-refractivity contribution >= 4 is 0 Å². The van der Waals surface area contributed by atoms with Gasteiger partial charge in [0.05, 0.1) is 0 Å². The quantitative estimate of drug-likeness (QED) is 0.548. The highest BCUT2D eigenvalue weighted by Crippen LogP contribution is 2.67. The summed E-state index contributed by atoms with van der Waals surface area (Å²) >= 11 is 0. The number of hydrogen-bond donors (Lipinski definition) is 0. The normalized spacial score (nSPS) is 50.0. The summed E-state index contributed by atoms with van der Waals surface area (Å²) in [5.41, 5.74) is 2.44. The van der Waals surface area contributed by atoms with E-state index >= 15 is 0 Å². The lowest BCUT2D eigenvalue weighted by Gasteiger charge is -2.46. The molecule has 0 amide bonds. The van der Waals surface area contributed by atoms with Gasteiger partial charge in [0.15, 0.2) is 0 Å². The van der Waals surface area contributed by atoms with Crippen LogP contribution in [0.1, 0.15) is 46.5 Å². The zero-order valence-corrected chi connectivity index (χ0v) is 9.72. The van der Waals surface area contributed by atoms with Gasteiger partial charge in [-0.1, -0.05) is 32.4 Å². The lowest BCUT2D eigenvalue weighted by Crippen LogP contribution is -2.40. The number of fused-ring (bicyclic) bond motifs is 3. The first-order valence-corrected chi connectivity index (χ1v) is 6.38. The first kappa shape index (κ1) is 9.00. The zero-order chi connectivity index (χ0) is 9.92. The fraction of sp³-hybridized carbons (Fsp3) is 0.857. The van der Waals surface area contributed by atoms with Crippen LogP contribution in [0.3, 0.4) is 0 Å². The third-order valence-corrected chi connectivity index (χ3v) is 5.38. The van der Waals surface area contributed by atoms with Crippen LogP contribution in [0.4, 0.5) is 0 Å². The molecule has 0 aromatic rings. The maximum Gasteiger partial charge on any atom is 0.0148 e. The molecule has 0 N–H and O–H groups in total. The van der Waals surface area contributed by atoms with E-state index in [1.54, 1.807) is 0 Å². The second kappa shape index (κ2) is 2.65. The van der Waals surface area contributed by atoms with E-state index in [9.17, 15) is 0 Å². The van der Waals surface area contributed by atoms with Crippen molar-refractivity contribution in [2.75, 3.05) is 0 Å². The average molecular weight is 190 g/mol. The van der Waals surface area contributed by atoms with Gasteiger partial charge in [0, 0.05) is 5.41 Å². The summed E-state index contributed by atoms with van der Waals surface area (Å²) in [6.07, 6.45) is 8.52. The molecule has 0 heterocycles. The van der Waals surface area contributed by atoms with Crippen LogP contribution in [0.2, 0.25) is 0 Å². The number of hydrogen-bond acceptors (Lipinski definition) is 0. The lowest BCUT2D eigenvalue weighted by atomic mass is 9.58. The largest absolute Gasteiger partial charge is 0.0736 e. The average Bonchev–Trinajstić information content (AvgIpc) is 2.74. The van der Waals surface area contributed by atoms with Crippen molar-refractivity contribution in [1.29, 1.82) is 0 Å². The first-order chi connectivity index (χ1) is 6.66. The molecule has 0 radical (unpaired) electrons. The summed E-state index contributed by atoms with van der Waals surface area (Å²) in [4.78, 5) is 0. The minimum absolute atomic E-state index is 0.619. The maximum atomic E-state index is 2.63. The summed E-state index contributed by atoms with van der Waals surface area (Å²) < 4.78 is 0. The van der Waals surface area contributed by atoms with E-state index in [1.807, 2.05) is 5.57 Å². The van der Waals surface area contributed by atoms with Crippen molar-refractivity contribution in [1.82, 2.24) is 0 Å². The smallest absolute Gasteiger partial charge is 0.0148 e. The van der Waals surface area contributed by atoms with E-state index in [1.165, 1.54) is 25.7 Å². The summed E-state index contributed by atoms with van der Waals surface area (Å²) in [5.74, 6) is 3.96.